The Morgan fingerprint density at radius 1 is 0.398 bits per heavy atom. The summed E-state index contributed by atoms with van der Waals surface area (Å²) >= 11 is 13.1. The van der Waals surface area contributed by atoms with E-state index in [-0.39, 0.29) is 43.4 Å². The summed E-state index contributed by atoms with van der Waals surface area (Å²) in [6.07, 6.45) is 29.4. The van der Waals surface area contributed by atoms with Crippen LogP contribution in [0.25, 0.3) is 0 Å². The summed E-state index contributed by atoms with van der Waals surface area (Å²) < 4.78 is 5.21. The van der Waals surface area contributed by atoms with Crippen molar-refractivity contribution in [3.05, 3.63) is 29.8 Å². The van der Waals surface area contributed by atoms with Crippen molar-refractivity contribution in [3.8, 4) is 0 Å². The van der Waals surface area contributed by atoms with Gasteiger partial charge in [0, 0.05) is 61.8 Å². The van der Waals surface area contributed by atoms with Crippen LogP contribution in [-0.4, -0.2) is 308 Å². The van der Waals surface area contributed by atoms with Crippen LogP contribution in [-0.2, 0) is 39.9 Å². The van der Waals surface area contributed by atoms with Gasteiger partial charge in [0.2, 0.25) is 29.5 Å². The molecule has 0 saturated carbocycles. The third kappa shape index (κ3) is 39.2. The summed E-state index contributed by atoms with van der Waals surface area (Å²) in [5.74, 6) is 5.83. The van der Waals surface area contributed by atoms with Gasteiger partial charge in [0.15, 0.2) is 0 Å². The van der Waals surface area contributed by atoms with Crippen LogP contribution in [0, 0.1) is 41.4 Å². The van der Waals surface area contributed by atoms with Crippen LogP contribution in [0.15, 0.2) is 24.3 Å². The van der Waals surface area contributed by atoms with Crippen molar-refractivity contribution in [1.29, 1.82) is 0 Å². The molecule has 13 rings (SSSR count). The van der Waals surface area contributed by atoms with E-state index < -0.39 is 0 Å². The minimum Gasteiger partial charge on any atom is -0.465 e. The van der Waals surface area contributed by atoms with Gasteiger partial charge in [0.25, 0.3) is 0 Å². The number of benzene rings is 1. The minimum atomic E-state index is -0.0132. The number of carbonyl (C=O) groups excluding carboxylic acids is 6. The maximum Gasteiger partial charge on any atom is 0.319 e. The number of anilines is 1. The predicted molar refractivity (Wildman–Crippen MR) is 557 cm³/mol. The molecule has 2 bridgehead atoms. The molecule has 8 unspecified atom stereocenters. The zero-order valence-corrected chi connectivity index (χ0v) is 89.3. The van der Waals surface area contributed by atoms with Crippen LogP contribution in [0.4, 0.5) is 5.69 Å². The van der Waals surface area contributed by atoms with E-state index in [1.165, 1.54) is 102 Å². The Kier molecular flexibility index (Phi) is 55.0. The van der Waals surface area contributed by atoms with Crippen molar-refractivity contribution in [2.45, 2.75) is 370 Å². The molecule has 0 aromatic heterocycles. The average Bonchev–Trinajstić information content (AvgIpc) is 1.50. The lowest BCUT2D eigenvalue weighted by Crippen LogP contribution is -2.49. The lowest BCUT2D eigenvalue weighted by atomic mass is 9.92. The van der Waals surface area contributed by atoms with Gasteiger partial charge in [-0.2, -0.15) is 11.8 Å². The molecule has 1 aromatic carbocycles. The van der Waals surface area contributed by atoms with Gasteiger partial charge in [-0.15, -0.1) is 70.6 Å². The fourth-order valence-corrected chi connectivity index (χ4v) is 29.8. The molecule has 738 valence electrons. The van der Waals surface area contributed by atoms with Gasteiger partial charge in [0.1, 0.15) is 5.25 Å². The Balaban J connectivity index is 0.000000206. The number of fused-ring (bicyclic) bond motifs is 3. The number of aliphatic hydroxyl groups excluding tert-OH is 1. The number of aryl methyl sites for hydroxylation is 1. The third-order valence-electron chi connectivity index (χ3n) is 27.4. The van der Waals surface area contributed by atoms with Crippen LogP contribution in [0.5, 0.6) is 0 Å². The Bertz CT molecular complexity index is 3210. The molecule has 0 spiro atoms. The molecule has 128 heavy (non-hydrogen) atoms. The normalized spacial score (nSPS) is 23.9. The Morgan fingerprint density at radius 2 is 0.758 bits per heavy atom. The fourth-order valence-electron chi connectivity index (χ4n) is 20.6. The number of para-hydroxylation sites is 1. The standard InChI is InChI=1S/C19H28N2OS.C16H28N2OS.C16H30N2OS.C14H26N2OS.C13H25NO2S.C12H24N2OS.C11H23NOS/c1-14(2)23-18(16-9-11-20-12-10-16)19(22)21-13-5-7-15-6-3-4-8-17(15)21;1-11(2)20-15(12-7-9-17-10-8-12)16(19)18-13-3-4-14(18)6-5-13;1-12(2)20-15(14-7-9-17-10-8-14)16(19)18-11-5-4-6-13(18)3;1-11(2)18-13(12-5-7-15-8-6-12)14(17)16-9-3-4-10-16;1-5-16-13(15)12(17-10(2)3)11-6-8-14(4)9-7-11;1-4-14-12(15)11(16-9(2)3)10-5-7-13-8-6-10;1-9(2)14-11(8-13)10-4-6-12(3)7-5-10/h3-4,6,8,14,16,18,20H,5,7,9-13H2,1-2H3;11-15,17H,3-10H2,1-2H3;12-15,17H,4-11H2,1-3H3;11-13,15H,3-10H2,1-2H3;10-12H,5-9H2,1-4H3;9-11,13H,4-8H2,1-3H3,(H,14,15);9-11,13H,4-8H2,1-3H3. The molecule has 11 fully saturated rings. The molecule has 12 heterocycles. The Hall–Kier alpha value is -1.83. The highest BCUT2D eigenvalue weighted by atomic mass is 32.2. The third-order valence-corrected chi connectivity index (χ3v) is 37.3. The summed E-state index contributed by atoms with van der Waals surface area (Å²) in [6.45, 7) is 57.4. The monoisotopic (exact) mass is 1920 g/mol. The van der Waals surface area contributed by atoms with Crippen molar-refractivity contribution in [2.75, 3.05) is 157 Å². The number of thioether (sulfide) groups is 7. The predicted octanol–water partition coefficient (Wildman–Crippen LogP) is 17.0. The molecule has 0 radical (unpaired) electrons. The number of carbonyl (C=O) groups is 6. The number of hydrogen-bond donors (Lipinski definition) is 7. The highest BCUT2D eigenvalue weighted by molar-refractivity contribution is 8.02. The van der Waals surface area contributed by atoms with Crippen LogP contribution < -0.4 is 36.8 Å². The van der Waals surface area contributed by atoms with Crippen molar-refractivity contribution in [1.82, 2.24) is 56.4 Å². The first-order chi connectivity index (χ1) is 61.4. The van der Waals surface area contributed by atoms with Gasteiger partial charge in [-0.1, -0.05) is 115 Å². The van der Waals surface area contributed by atoms with E-state index >= 15 is 0 Å². The number of ether oxygens (including phenoxy) is 1. The molecule has 27 heteroatoms. The lowest BCUT2D eigenvalue weighted by Gasteiger charge is -2.39. The average molecular weight is 1920 g/mol. The van der Waals surface area contributed by atoms with Crippen molar-refractivity contribution in [2.24, 2.45) is 41.4 Å². The molecule has 11 saturated heterocycles. The quantitative estimate of drug-likeness (QED) is 0.0356. The number of aliphatic hydroxyl groups is 1. The number of likely N-dealkylation sites (tertiary alicyclic amines) is 4. The lowest BCUT2D eigenvalue weighted by molar-refractivity contribution is -0.144. The fraction of sp³-hybridized carbons (Fsp3) is 0.881. The highest BCUT2D eigenvalue weighted by Gasteiger charge is 2.47. The molecule has 8 atom stereocenters. The van der Waals surface area contributed by atoms with E-state index in [4.69, 9.17) is 4.74 Å². The van der Waals surface area contributed by atoms with E-state index in [1.54, 1.807) is 11.8 Å². The van der Waals surface area contributed by atoms with E-state index in [9.17, 15) is 33.9 Å². The van der Waals surface area contributed by atoms with Crippen molar-refractivity contribution < 1.29 is 38.6 Å². The number of amides is 5. The number of nitrogens with one attached hydrogen (secondary N) is 6. The molecule has 5 amide bonds. The molecule has 20 nitrogen and oxygen atoms in total. The number of rotatable bonds is 30. The van der Waals surface area contributed by atoms with Crippen LogP contribution in [0.2, 0.25) is 0 Å². The second kappa shape index (κ2) is 62.2. The van der Waals surface area contributed by atoms with Crippen LogP contribution in [0.3, 0.4) is 0 Å². The van der Waals surface area contributed by atoms with Crippen molar-refractivity contribution >= 4 is 124 Å². The van der Waals surface area contributed by atoms with Gasteiger partial charge < -0.3 is 71.1 Å². The molecule has 12 aliphatic heterocycles. The first-order valence-electron chi connectivity index (χ1n) is 51.3. The van der Waals surface area contributed by atoms with Crippen molar-refractivity contribution in [3.63, 3.8) is 0 Å². The largest absolute Gasteiger partial charge is 0.465 e. The van der Waals surface area contributed by atoms with Gasteiger partial charge in [0.05, 0.1) is 39.5 Å². The van der Waals surface area contributed by atoms with Gasteiger partial charge in [-0.3, -0.25) is 28.8 Å². The second-order valence-corrected chi connectivity index (χ2v) is 52.4. The molecule has 0 aliphatic carbocycles. The number of hydrogen-bond acceptors (Lipinski definition) is 22. The van der Waals surface area contributed by atoms with E-state index in [1.807, 2.05) is 84.4 Å². The Labute approximate surface area is 810 Å². The van der Waals surface area contributed by atoms with Gasteiger partial charge >= 0.3 is 5.97 Å². The van der Waals surface area contributed by atoms with E-state index in [2.05, 4.69) is 204 Å². The number of nitrogens with zero attached hydrogens (tertiary/aromatic N) is 6. The van der Waals surface area contributed by atoms with Crippen LogP contribution in [0.1, 0.15) is 277 Å². The zero-order chi connectivity index (χ0) is 93.2. The molecular weight excluding hydrogens is 1730 g/mol. The van der Waals surface area contributed by atoms with Gasteiger partial charge in [-0.25, -0.2) is 0 Å². The highest BCUT2D eigenvalue weighted by Crippen LogP contribution is 2.44. The van der Waals surface area contributed by atoms with E-state index in [0.717, 1.165) is 200 Å². The summed E-state index contributed by atoms with van der Waals surface area (Å²) in [5, 5.41) is 34.4. The summed E-state index contributed by atoms with van der Waals surface area (Å²) in [6, 6.07) is 10.0. The zero-order valence-electron chi connectivity index (χ0n) is 83.5. The second-order valence-electron chi connectivity index (χ2n) is 40.2. The molecule has 7 N–H and O–H groups in total. The maximum atomic E-state index is 13.4. The van der Waals surface area contributed by atoms with E-state index in [0.29, 0.717) is 132 Å². The topological polar surface area (TPSA) is 223 Å². The first-order valence-corrected chi connectivity index (χ1v) is 57.9. The summed E-state index contributed by atoms with van der Waals surface area (Å²) in [7, 11) is 4.32. The Morgan fingerprint density at radius 3 is 1.16 bits per heavy atom. The summed E-state index contributed by atoms with van der Waals surface area (Å²) in [4.78, 5) is 89.6. The minimum absolute atomic E-state index is 0.0132. The number of esters is 1. The molecule has 12 aliphatic rings. The van der Waals surface area contributed by atoms with Gasteiger partial charge in [-0.05, 0) is 377 Å². The number of piperidine rings is 8. The maximum absolute atomic E-state index is 13.4. The smallest absolute Gasteiger partial charge is 0.319 e. The molecule has 1 aromatic rings. The SMILES string of the molecule is CC(C)SC(C(=O)N1C2CCC1CC2)C1CCNCC1.CC(C)SC(C(=O)N1CCCC1)C1CCNCC1.CC(C)SC(C(=O)N1CCCCC1C)C1CCNCC1.CC(C)SC(C(=O)N1CCCc2ccccc21)C1CCNCC1.CC(C)SC(CO)C1CCN(C)CC1.CCNC(=O)C(SC(C)C)C1CCNCC1.CCOC(=O)C(SC(C)C)C1CCN(C)CC1. The summed E-state index contributed by atoms with van der Waals surface area (Å²) in [5.41, 5.74) is 2.47. The first kappa shape index (κ1) is 113. The molecular formula is C101H184N12O8S7. The van der Waals surface area contributed by atoms with Crippen LogP contribution >= 0.6 is 82.3 Å².